The predicted octanol–water partition coefficient (Wildman–Crippen LogP) is 2.54. The van der Waals surface area contributed by atoms with E-state index in [1.54, 1.807) is 12.1 Å². The van der Waals surface area contributed by atoms with E-state index in [0.29, 0.717) is 6.42 Å². The summed E-state index contributed by atoms with van der Waals surface area (Å²) in [6.07, 6.45) is 0.661. The number of Topliss-reactive ketones (excluding diaryl/α,β-unsaturated/α-hetero) is 1. The molecule has 0 fully saturated rings. The number of hydrogen-bond donors (Lipinski definition) is 1. The van der Waals surface area contributed by atoms with Gasteiger partial charge in [0, 0.05) is 18.2 Å². The Morgan fingerprint density at radius 2 is 2.19 bits per heavy atom. The van der Waals surface area contributed by atoms with E-state index in [-0.39, 0.29) is 11.7 Å². The molecular weight excluding hydrogens is 270 g/mol. The van der Waals surface area contributed by atoms with Crippen molar-refractivity contribution in [3.05, 3.63) is 29.3 Å². The molecule has 84 valence electrons. The lowest BCUT2D eigenvalue weighted by Gasteiger charge is -2.10. The van der Waals surface area contributed by atoms with Crippen molar-refractivity contribution in [1.29, 1.82) is 0 Å². The zero-order valence-corrected chi connectivity index (χ0v) is 10.7. The fraction of sp³-hybridized carbons (Fsp3) is 0.333. The number of nitrogens with one attached hydrogen (secondary N) is 1. The van der Waals surface area contributed by atoms with Crippen LogP contribution in [0, 0.1) is 0 Å². The molecule has 0 spiro atoms. The van der Waals surface area contributed by atoms with E-state index >= 15 is 0 Å². The molecule has 0 radical (unpaired) electrons. The van der Waals surface area contributed by atoms with Crippen LogP contribution < -0.4 is 5.32 Å². The molecule has 0 heterocycles. The molecule has 1 unspecified atom stereocenters. The van der Waals surface area contributed by atoms with Gasteiger partial charge in [0.1, 0.15) is 0 Å². The largest absolute Gasteiger partial charge is 0.326 e. The maximum absolute atomic E-state index is 11.9. The molecule has 1 aromatic carbocycles. The standard InChI is InChI=1S/C12H12BrNO2/c1-7(15)14-9-3-4-10-8(5-9)6-12(2,13)11(10)16/h3-5H,6H2,1-2H3,(H,14,15). The molecule has 4 heteroatoms. The molecule has 0 aliphatic heterocycles. The molecule has 1 aliphatic carbocycles. The summed E-state index contributed by atoms with van der Waals surface area (Å²) in [5, 5.41) is 2.71. The minimum Gasteiger partial charge on any atom is -0.326 e. The summed E-state index contributed by atoms with van der Waals surface area (Å²) in [6.45, 7) is 3.33. The Labute approximate surface area is 102 Å². The quantitative estimate of drug-likeness (QED) is 0.804. The van der Waals surface area contributed by atoms with Crippen LogP contribution in [0.15, 0.2) is 18.2 Å². The first-order valence-electron chi connectivity index (χ1n) is 5.04. The van der Waals surface area contributed by atoms with E-state index in [0.717, 1.165) is 16.8 Å². The molecule has 0 saturated heterocycles. The van der Waals surface area contributed by atoms with E-state index in [9.17, 15) is 9.59 Å². The Hall–Kier alpha value is -1.16. The third kappa shape index (κ3) is 1.89. The Bertz CT molecular complexity index is 480. The van der Waals surface area contributed by atoms with E-state index in [1.165, 1.54) is 6.92 Å². The maximum atomic E-state index is 11.9. The average Bonchev–Trinajstić information content (AvgIpc) is 2.36. The molecule has 1 aliphatic rings. The molecule has 1 aromatic rings. The number of rotatable bonds is 1. The summed E-state index contributed by atoms with van der Waals surface area (Å²) < 4.78 is -0.496. The van der Waals surface area contributed by atoms with Gasteiger partial charge in [-0.2, -0.15) is 0 Å². The van der Waals surface area contributed by atoms with Gasteiger partial charge in [0.2, 0.25) is 5.91 Å². The number of alkyl halides is 1. The van der Waals surface area contributed by atoms with Crippen LogP contribution in [0.1, 0.15) is 29.8 Å². The van der Waals surface area contributed by atoms with Gasteiger partial charge in [-0.25, -0.2) is 0 Å². The number of anilines is 1. The smallest absolute Gasteiger partial charge is 0.221 e. The number of fused-ring (bicyclic) bond motifs is 1. The van der Waals surface area contributed by atoms with Gasteiger partial charge < -0.3 is 5.32 Å². The second kappa shape index (κ2) is 3.70. The number of ketones is 1. The second-order valence-corrected chi connectivity index (χ2v) is 6.01. The maximum Gasteiger partial charge on any atom is 0.221 e. The van der Waals surface area contributed by atoms with Crippen LogP contribution in [0.5, 0.6) is 0 Å². The SMILES string of the molecule is CC(=O)Nc1ccc2c(c1)CC(C)(Br)C2=O. The molecule has 2 rings (SSSR count). The number of hydrogen-bond acceptors (Lipinski definition) is 2. The summed E-state index contributed by atoms with van der Waals surface area (Å²) in [5.74, 6) is 0.00255. The molecule has 0 aromatic heterocycles. The van der Waals surface area contributed by atoms with Gasteiger partial charge in [-0.05, 0) is 37.1 Å². The second-order valence-electron chi connectivity index (χ2n) is 4.26. The van der Waals surface area contributed by atoms with Crippen LogP contribution in [-0.2, 0) is 11.2 Å². The van der Waals surface area contributed by atoms with E-state index in [2.05, 4.69) is 21.2 Å². The first-order valence-corrected chi connectivity index (χ1v) is 5.84. The van der Waals surface area contributed by atoms with Crippen LogP contribution in [0.4, 0.5) is 5.69 Å². The average molecular weight is 282 g/mol. The van der Waals surface area contributed by atoms with Crippen LogP contribution in [0.2, 0.25) is 0 Å². The fourth-order valence-electron chi connectivity index (χ4n) is 1.96. The lowest BCUT2D eigenvalue weighted by atomic mass is 10.1. The third-order valence-corrected chi connectivity index (χ3v) is 3.31. The molecule has 1 amide bonds. The van der Waals surface area contributed by atoms with Crippen molar-refractivity contribution >= 4 is 33.3 Å². The Morgan fingerprint density at radius 3 is 2.81 bits per heavy atom. The van der Waals surface area contributed by atoms with Gasteiger partial charge in [-0.1, -0.05) is 15.9 Å². The highest BCUT2D eigenvalue weighted by atomic mass is 79.9. The number of carbonyl (C=O) groups excluding carboxylic acids is 2. The van der Waals surface area contributed by atoms with E-state index in [1.807, 2.05) is 13.0 Å². The van der Waals surface area contributed by atoms with Crippen LogP contribution in [0.3, 0.4) is 0 Å². The van der Waals surface area contributed by atoms with Gasteiger partial charge in [-0.3, -0.25) is 9.59 Å². The highest BCUT2D eigenvalue weighted by Gasteiger charge is 2.39. The Balaban J connectivity index is 2.37. The van der Waals surface area contributed by atoms with Gasteiger partial charge in [0.15, 0.2) is 5.78 Å². The van der Waals surface area contributed by atoms with E-state index < -0.39 is 4.32 Å². The Morgan fingerprint density at radius 1 is 1.50 bits per heavy atom. The summed E-state index contributed by atoms with van der Waals surface area (Å²) >= 11 is 3.43. The first kappa shape index (κ1) is 11.3. The van der Waals surface area contributed by atoms with Gasteiger partial charge in [0.25, 0.3) is 0 Å². The van der Waals surface area contributed by atoms with Crippen molar-refractivity contribution in [1.82, 2.24) is 0 Å². The van der Waals surface area contributed by atoms with Crippen molar-refractivity contribution in [3.8, 4) is 0 Å². The predicted molar refractivity (Wildman–Crippen MR) is 66.1 cm³/mol. The Kier molecular flexibility index (Phi) is 2.62. The lowest BCUT2D eigenvalue weighted by molar-refractivity contribution is -0.114. The molecule has 16 heavy (non-hydrogen) atoms. The van der Waals surface area contributed by atoms with Gasteiger partial charge >= 0.3 is 0 Å². The highest BCUT2D eigenvalue weighted by Crippen LogP contribution is 2.37. The van der Waals surface area contributed by atoms with Crippen LogP contribution >= 0.6 is 15.9 Å². The number of amides is 1. The van der Waals surface area contributed by atoms with Crippen molar-refractivity contribution in [2.24, 2.45) is 0 Å². The highest BCUT2D eigenvalue weighted by molar-refractivity contribution is 9.10. The summed E-state index contributed by atoms with van der Waals surface area (Å²) in [5.41, 5.74) is 2.47. The number of halogens is 1. The molecular formula is C12H12BrNO2. The van der Waals surface area contributed by atoms with Crippen molar-refractivity contribution in [3.63, 3.8) is 0 Å². The third-order valence-electron chi connectivity index (χ3n) is 2.67. The molecule has 1 N–H and O–H groups in total. The minimum absolute atomic E-state index is 0.106. The van der Waals surface area contributed by atoms with Crippen LogP contribution in [-0.4, -0.2) is 16.0 Å². The topological polar surface area (TPSA) is 46.2 Å². The summed E-state index contributed by atoms with van der Waals surface area (Å²) in [4.78, 5) is 22.8. The first-order chi connectivity index (χ1) is 7.40. The van der Waals surface area contributed by atoms with Crippen molar-refractivity contribution in [2.75, 3.05) is 5.32 Å². The zero-order valence-electron chi connectivity index (χ0n) is 9.13. The number of carbonyl (C=O) groups is 2. The van der Waals surface area contributed by atoms with Gasteiger partial charge in [0.05, 0.1) is 4.32 Å². The summed E-state index contributed by atoms with van der Waals surface area (Å²) in [7, 11) is 0. The monoisotopic (exact) mass is 281 g/mol. The zero-order chi connectivity index (χ0) is 11.9. The van der Waals surface area contributed by atoms with E-state index in [4.69, 9.17) is 0 Å². The summed E-state index contributed by atoms with van der Waals surface area (Å²) in [6, 6.07) is 5.39. The molecule has 3 nitrogen and oxygen atoms in total. The molecule has 1 atom stereocenters. The lowest BCUT2D eigenvalue weighted by Crippen LogP contribution is -2.23. The fourth-order valence-corrected chi connectivity index (χ4v) is 2.48. The molecule has 0 bridgehead atoms. The minimum atomic E-state index is -0.496. The number of benzene rings is 1. The van der Waals surface area contributed by atoms with Crippen LogP contribution in [0.25, 0.3) is 0 Å². The van der Waals surface area contributed by atoms with Crippen molar-refractivity contribution < 1.29 is 9.59 Å². The van der Waals surface area contributed by atoms with Gasteiger partial charge in [-0.15, -0.1) is 0 Å². The molecule has 0 saturated carbocycles. The normalized spacial score (nSPS) is 23.1. The van der Waals surface area contributed by atoms with Crippen molar-refractivity contribution in [2.45, 2.75) is 24.6 Å².